The van der Waals surface area contributed by atoms with Crippen LogP contribution in [0.2, 0.25) is 0 Å². The van der Waals surface area contributed by atoms with E-state index in [0.29, 0.717) is 17.9 Å². The van der Waals surface area contributed by atoms with Gasteiger partial charge < -0.3 is 15.0 Å². The number of carbonyl (C=O) groups is 1. The highest BCUT2D eigenvalue weighted by Gasteiger charge is 2.19. The molecule has 0 aliphatic carbocycles. The van der Waals surface area contributed by atoms with E-state index in [2.05, 4.69) is 36.4 Å². The molecule has 35 heavy (non-hydrogen) atoms. The Kier molecular flexibility index (Phi) is 8.33. The standard InChI is InChI=1S/C26H26BrFN4O2S/c1-34-24-11-6-19(27)16-22(24)25(33)30-26(35)29-20-7-9-21(10-8-20)32-14-12-31(13-15-32)17-18-4-2-3-5-23(18)28/h2-11,16H,12-15,17H2,1H3,(H2,29,30,33,35). The number of anilines is 2. The van der Waals surface area contributed by atoms with Gasteiger partial charge in [-0.15, -0.1) is 0 Å². The SMILES string of the molecule is COc1ccc(Br)cc1C(=O)NC(=S)Nc1ccc(N2CCN(Cc3ccccc3F)CC2)cc1. The Morgan fingerprint density at radius 2 is 1.77 bits per heavy atom. The second kappa shape index (κ2) is 11.6. The highest BCUT2D eigenvalue weighted by molar-refractivity contribution is 9.10. The zero-order valence-corrected chi connectivity index (χ0v) is 21.7. The second-order valence-corrected chi connectivity index (χ2v) is 9.48. The van der Waals surface area contributed by atoms with Gasteiger partial charge in [0.25, 0.3) is 5.91 Å². The van der Waals surface area contributed by atoms with E-state index < -0.39 is 0 Å². The molecule has 1 fully saturated rings. The minimum absolute atomic E-state index is 0.150. The molecule has 0 radical (unpaired) electrons. The van der Waals surface area contributed by atoms with Gasteiger partial charge >= 0.3 is 0 Å². The quantitative estimate of drug-likeness (QED) is 0.414. The van der Waals surface area contributed by atoms with Gasteiger partial charge in [0.15, 0.2) is 5.11 Å². The molecule has 182 valence electrons. The first-order chi connectivity index (χ1) is 16.9. The first-order valence-corrected chi connectivity index (χ1v) is 12.4. The summed E-state index contributed by atoms with van der Waals surface area (Å²) in [5.74, 6) is -0.0414. The highest BCUT2D eigenvalue weighted by Crippen LogP contribution is 2.23. The van der Waals surface area contributed by atoms with Crippen molar-refractivity contribution in [2.75, 3.05) is 43.5 Å². The molecule has 0 unspecified atom stereocenters. The molecule has 3 aromatic rings. The molecule has 0 aromatic heterocycles. The van der Waals surface area contributed by atoms with Crippen molar-refractivity contribution in [3.8, 4) is 5.75 Å². The van der Waals surface area contributed by atoms with Gasteiger partial charge in [-0.25, -0.2) is 4.39 Å². The summed E-state index contributed by atoms with van der Waals surface area (Å²) in [6.07, 6.45) is 0. The molecule has 1 amide bonds. The Bertz CT molecular complexity index is 1200. The van der Waals surface area contributed by atoms with Crippen LogP contribution < -0.4 is 20.3 Å². The van der Waals surface area contributed by atoms with Crippen LogP contribution in [0.15, 0.2) is 71.2 Å². The molecule has 2 N–H and O–H groups in total. The number of amides is 1. The number of ether oxygens (including phenoxy) is 1. The number of hydrogen-bond donors (Lipinski definition) is 2. The number of halogens is 2. The van der Waals surface area contributed by atoms with E-state index in [1.165, 1.54) is 13.2 Å². The smallest absolute Gasteiger partial charge is 0.261 e. The van der Waals surface area contributed by atoms with E-state index in [0.717, 1.165) is 47.6 Å². The number of hydrogen-bond acceptors (Lipinski definition) is 5. The Balaban J connectivity index is 1.28. The fourth-order valence-electron chi connectivity index (χ4n) is 3.98. The van der Waals surface area contributed by atoms with Crippen molar-refractivity contribution < 1.29 is 13.9 Å². The Morgan fingerprint density at radius 1 is 1.06 bits per heavy atom. The van der Waals surface area contributed by atoms with Crippen LogP contribution in [0.25, 0.3) is 0 Å². The maximum atomic E-state index is 13.9. The molecule has 6 nitrogen and oxygen atoms in total. The molecular weight excluding hydrogens is 531 g/mol. The van der Waals surface area contributed by atoms with E-state index in [1.807, 2.05) is 36.4 Å². The Labute approximate surface area is 218 Å². The monoisotopic (exact) mass is 556 g/mol. The minimum Gasteiger partial charge on any atom is -0.496 e. The molecule has 0 atom stereocenters. The molecule has 3 aromatic carbocycles. The highest BCUT2D eigenvalue weighted by atomic mass is 79.9. The third-order valence-corrected chi connectivity index (χ3v) is 6.54. The molecule has 4 rings (SSSR count). The molecule has 0 saturated carbocycles. The van der Waals surface area contributed by atoms with Crippen LogP contribution in [0.4, 0.5) is 15.8 Å². The van der Waals surface area contributed by atoms with Gasteiger partial charge in [-0.1, -0.05) is 34.1 Å². The van der Waals surface area contributed by atoms with E-state index in [-0.39, 0.29) is 16.8 Å². The Morgan fingerprint density at radius 3 is 2.46 bits per heavy atom. The average molecular weight is 557 g/mol. The van der Waals surface area contributed by atoms with E-state index in [1.54, 1.807) is 24.3 Å². The zero-order chi connectivity index (χ0) is 24.8. The van der Waals surface area contributed by atoms with Crippen LogP contribution in [-0.2, 0) is 6.54 Å². The molecule has 0 bridgehead atoms. The lowest BCUT2D eigenvalue weighted by Gasteiger charge is -2.36. The number of benzene rings is 3. The first-order valence-electron chi connectivity index (χ1n) is 11.2. The van der Waals surface area contributed by atoms with Crippen molar-refractivity contribution in [1.82, 2.24) is 10.2 Å². The lowest BCUT2D eigenvalue weighted by atomic mass is 10.1. The van der Waals surface area contributed by atoms with E-state index in [9.17, 15) is 9.18 Å². The summed E-state index contributed by atoms with van der Waals surface area (Å²) in [5.41, 5.74) is 3.00. The zero-order valence-electron chi connectivity index (χ0n) is 19.3. The second-order valence-electron chi connectivity index (χ2n) is 8.15. The number of rotatable bonds is 6. The summed E-state index contributed by atoms with van der Waals surface area (Å²) < 4.78 is 20.0. The van der Waals surface area contributed by atoms with Crippen molar-refractivity contribution in [1.29, 1.82) is 0 Å². The number of piperazine rings is 1. The van der Waals surface area contributed by atoms with Crippen molar-refractivity contribution in [3.63, 3.8) is 0 Å². The number of thiocarbonyl (C=S) groups is 1. The molecule has 1 aliphatic heterocycles. The molecule has 9 heteroatoms. The van der Waals surface area contributed by atoms with E-state index in [4.69, 9.17) is 17.0 Å². The van der Waals surface area contributed by atoms with E-state index >= 15 is 0 Å². The van der Waals surface area contributed by atoms with Crippen LogP contribution >= 0.6 is 28.1 Å². The maximum absolute atomic E-state index is 13.9. The largest absolute Gasteiger partial charge is 0.496 e. The number of carbonyl (C=O) groups excluding carboxylic acids is 1. The lowest BCUT2D eigenvalue weighted by Crippen LogP contribution is -2.46. The fraction of sp³-hybridized carbons (Fsp3) is 0.231. The third kappa shape index (κ3) is 6.56. The van der Waals surface area contributed by atoms with Crippen molar-refractivity contribution >= 4 is 50.5 Å². The van der Waals surface area contributed by atoms with Crippen LogP contribution in [0, 0.1) is 5.82 Å². The summed E-state index contributed by atoms with van der Waals surface area (Å²) in [5, 5.41) is 5.94. The topological polar surface area (TPSA) is 56.8 Å². The number of methoxy groups -OCH3 is 1. The van der Waals surface area contributed by atoms with Gasteiger partial charge in [0, 0.05) is 54.1 Å². The van der Waals surface area contributed by atoms with Gasteiger partial charge in [0.2, 0.25) is 0 Å². The predicted octanol–water partition coefficient (Wildman–Crippen LogP) is 5.05. The molecule has 1 heterocycles. The summed E-state index contributed by atoms with van der Waals surface area (Å²) in [4.78, 5) is 17.2. The minimum atomic E-state index is -0.356. The molecule has 1 saturated heterocycles. The van der Waals surface area contributed by atoms with Gasteiger partial charge in [0.1, 0.15) is 11.6 Å². The number of nitrogens with one attached hydrogen (secondary N) is 2. The van der Waals surface area contributed by atoms with Crippen LogP contribution in [0.5, 0.6) is 5.75 Å². The van der Waals surface area contributed by atoms with Gasteiger partial charge in [-0.05, 0) is 60.7 Å². The Hall–Kier alpha value is -3.01. The summed E-state index contributed by atoms with van der Waals surface area (Å²) in [6, 6.07) is 20.1. The predicted molar refractivity (Wildman–Crippen MR) is 145 cm³/mol. The summed E-state index contributed by atoms with van der Waals surface area (Å²) in [7, 11) is 1.51. The summed E-state index contributed by atoms with van der Waals surface area (Å²) in [6.45, 7) is 4.08. The summed E-state index contributed by atoms with van der Waals surface area (Å²) >= 11 is 8.69. The normalized spacial score (nSPS) is 13.9. The van der Waals surface area contributed by atoms with Crippen molar-refractivity contribution in [2.24, 2.45) is 0 Å². The number of nitrogens with zero attached hydrogens (tertiary/aromatic N) is 2. The van der Waals surface area contributed by atoms with Crippen LogP contribution in [-0.4, -0.2) is 49.2 Å². The molecular formula is C26H26BrFN4O2S. The van der Waals surface area contributed by atoms with Gasteiger partial charge in [-0.2, -0.15) is 0 Å². The van der Waals surface area contributed by atoms with Crippen LogP contribution in [0.3, 0.4) is 0 Å². The molecule has 0 spiro atoms. The van der Waals surface area contributed by atoms with Gasteiger partial charge in [0.05, 0.1) is 12.7 Å². The third-order valence-electron chi connectivity index (χ3n) is 5.85. The fourth-order valence-corrected chi connectivity index (χ4v) is 4.55. The molecule has 1 aliphatic rings. The van der Waals surface area contributed by atoms with Crippen molar-refractivity contribution in [2.45, 2.75) is 6.54 Å². The maximum Gasteiger partial charge on any atom is 0.261 e. The lowest BCUT2D eigenvalue weighted by molar-refractivity contribution is 0.0974. The first kappa shape index (κ1) is 25.1. The van der Waals surface area contributed by atoms with Gasteiger partial charge in [-0.3, -0.25) is 15.0 Å². The average Bonchev–Trinajstić information content (AvgIpc) is 2.86. The van der Waals surface area contributed by atoms with Crippen molar-refractivity contribution in [3.05, 3.63) is 88.1 Å². The van der Waals surface area contributed by atoms with Crippen LogP contribution in [0.1, 0.15) is 15.9 Å².